The maximum absolute atomic E-state index is 12.8. The van der Waals surface area contributed by atoms with E-state index in [9.17, 15) is 9.90 Å². The van der Waals surface area contributed by atoms with Crippen LogP contribution in [0.1, 0.15) is 145 Å². The van der Waals surface area contributed by atoms with Crippen molar-refractivity contribution in [2.75, 3.05) is 0 Å². The third-order valence-electron chi connectivity index (χ3n) is 7.06. The Balaban J connectivity index is 2.61. The number of carbonyl (C=O) groups excluding carboxylic acids is 1. The fourth-order valence-electron chi connectivity index (χ4n) is 4.77. The SMILES string of the molecule is CCCCC(=O)Oc1c(C(C)(C)C)cc(SC(C)(C)Sc2cc(C(C)(C)C)c(O)c(C(C)(C)C)c2)cc1C(C)(C)C. The minimum absolute atomic E-state index is 0.157. The molecule has 0 saturated carbocycles. The molecule has 0 radical (unpaired) electrons. The molecule has 0 bridgehead atoms. The van der Waals surface area contributed by atoms with Crippen LogP contribution >= 0.6 is 23.5 Å². The van der Waals surface area contributed by atoms with Crippen LogP contribution in [0.3, 0.4) is 0 Å². The number of phenols is 1. The molecule has 2 rings (SSSR count). The summed E-state index contributed by atoms with van der Waals surface area (Å²) in [7, 11) is 0. The van der Waals surface area contributed by atoms with Crippen LogP contribution in [0.2, 0.25) is 0 Å². The second-order valence-corrected chi connectivity index (χ2v) is 19.5. The van der Waals surface area contributed by atoms with Crippen LogP contribution in [-0.4, -0.2) is 15.2 Å². The fourth-order valence-corrected chi connectivity index (χ4v) is 7.36. The van der Waals surface area contributed by atoms with Gasteiger partial charge in [0.25, 0.3) is 0 Å². The molecule has 0 unspecified atom stereocenters. The van der Waals surface area contributed by atoms with Crippen molar-refractivity contribution in [2.45, 2.75) is 159 Å². The molecule has 3 nitrogen and oxygen atoms in total. The first-order chi connectivity index (χ1) is 18.4. The van der Waals surface area contributed by atoms with Crippen LogP contribution in [0.25, 0.3) is 0 Å². The van der Waals surface area contributed by atoms with Crippen LogP contribution < -0.4 is 4.74 Å². The molecule has 41 heavy (non-hydrogen) atoms. The van der Waals surface area contributed by atoms with E-state index in [2.05, 4.69) is 128 Å². The van der Waals surface area contributed by atoms with Gasteiger partial charge in [-0.2, -0.15) is 0 Å². The zero-order valence-corrected chi connectivity index (χ0v) is 30.1. The maximum Gasteiger partial charge on any atom is 0.311 e. The van der Waals surface area contributed by atoms with Crippen LogP contribution in [0.5, 0.6) is 11.5 Å². The second kappa shape index (κ2) is 12.6. The fraction of sp³-hybridized carbons (Fsp3) is 0.639. The van der Waals surface area contributed by atoms with Crippen molar-refractivity contribution in [2.24, 2.45) is 0 Å². The van der Waals surface area contributed by atoms with Gasteiger partial charge in [-0.15, -0.1) is 23.5 Å². The Morgan fingerprint density at radius 3 is 1.32 bits per heavy atom. The number of phenolic OH excluding ortho intramolecular Hbond substituents is 1. The molecule has 0 amide bonds. The average Bonchev–Trinajstić information content (AvgIpc) is 2.76. The summed E-state index contributed by atoms with van der Waals surface area (Å²) in [5.74, 6) is 0.980. The third kappa shape index (κ3) is 9.71. The number of aromatic hydroxyl groups is 1. The zero-order valence-electron chi connectivity index (χ0n) is 28.5. The Hall–Kier alpha value is -1.59. The Bertz CT molecular complexity index is 1160. The van der Waals surface area contributed by atoms with Crippen LogP contribution in [-0.2, 0) is 26.5 Å². The number of thioether (sulfide) groups is 2. The quantitative estimate of drug-likeness (QED) is 0.141. The highest BCUT2D eigenvalue weighted by molar-refractivity contribution is 8.18. The second-order valence-electron chi connectivity index (χ2n) is 15.9. The summed E-state index contributed by atoms with van der Waals surface area (Å²) in [5, 5.41) is 11.2. The van der Waals surface area contributed by atoms with E-state index in [1.54, 1.807) is 0 Å². The van der Waals surface area contributed by atoms with Crippen molar-refractivity contribution < 1.29 is 14.6 Å². The lowest BCUT2D eigenvalue weighted by atomic mass is 9.79. The predicted octanol–water partition coefficient (Wildman–Crippen LogP) is 11.3. The summed E-state index contributed by atoms with van der Waals surface area (Å²) in [6.07, 6.45) is 2.23. The Kier molecular flexibility index (Phi) is 10.9. The lowest BCUT2D eigenvalue weighted by Gasteiger charge is -2.32. The van der Waals surface area contributed by atoms with Gasteiger partial charge in [0, 0.05) is 38.5 Å². The summed E-state index contributed by atoms with van der Waals surface area (Å²) in [5.41, 5.74) is 3.33. The molecule has 0 aliphatic heterocycles. The molecule has 5 heteroatoms. The Morgan fingerprint density at radius 2 is 1.00 bits per heavy atom. The van der Waals surface area contributed by atoms with Crippen molar-refractivity contribution in [1.29, 1.82) is 0 Å². The van der Waals surface area contributed by atoms with Gasteiger partial charge in [0.2, 0.25) is 0 Å². The monoisotopic (exact) mass is 600 g/mol. The Labute approximate surface area is 260 Å². The number of carbonyl (C=O) groups is 1. The maximum atomic E-state index is 12.8. The number of benzene rings is 2. The number of hydrogen-bond acceptors (Lipinski definition) is 5. The summed E-state index contributed by atoms with van der Waals surface area (Å²) in [6, 6.07) is 8.78. The third-order valence-corrected chi connectivity index (χ3v) is 9.48. The van der Waals surface area contributed by atoms with E-state index in [-0.39, 0.29) is 31.7 Å². The highest BCUT2D eigenvalue weighted by Gasteiger charge is 2.32. The molecule has 2 aromatic rings. The molecule has 0 heterocycles. The normalized spacial score (nSPS) is 13.4. The van der Waals surface area contributed by atoms with Gasteiger partial charge in [-0.1, -0.05) is 96.4 Å². The molecule has 0 aromatic heterocycles. The van der Waals surface area contributed by atoms with Crippen molar-refractivity contribution in [3.63, 3.8) is 0 Å². The molecule has 0 aliphatic carbocycles. The van der Waals surface area contributed by atoms with Gasteiger partial charge in [-0.25, -0.2) is 0 Å². The number of unbranched alkanes of at least 4 members (excludes halogenated alkanes) is 1. The number of hydrogen-bond donors (Lipinski definition) is 1. The highest BCUT2D eigenvalue weighted by Crippen LogP contribution is 2.51. The van der Waals surface area contributed by atoms with Crippen molar-refractivity contribution in [3.8, 4) is 11.5 Å². The first-order valence-electron chi connectivity index (χ1n) is 15.0. The van der Waals surface area contributed by atoms with Gasteiger partial charge >= 0.3 is 5.97 Å². The van der Waals surface area contributed by atoms with E-state index in [0.29, 0.717) is 12.2 Å². The summed E-state index contributed by atoms with van der Waals surface area (Å²) >= 11 is 3.66. The Morgan fingerprint density at radius 1 is 0.659 bits per heavy atom. The summed E-state index contributed by atoms with van der Waals surface area (Å²) in [6.45, 7) is 32.6. The average molecular weight is 601 g/mol. The largest absolute Gasteiger partial charge is 0.507 e. The van der Waals surface area contributed by atoms with Gasteiger partial charge < -0.3 is 9.84 Å². The molecule has 0 aliphatic rings. The minimum Gasteiger partial charge on any atom is -0.507 e. The first kappa shape index (κ1) is 35.6. The predicted molar refractivity (Wildman–Crippen MR) is 180 cm³/mol. The van der Waals surface area contributed by atoms with Crippen molar-refractivity contribution in [3.05, 3.63) is 46.5 Å². The van der Waals surface area contributed by atoms with Crippen molar-refractivity contribution in [1.82, 2.24) is 0 Å². The van der Waals surface area contributed by atoms with E-state index in [1.165, 1.54) is 0 Å². The van der Waals surface area contributed by atoms with E-state index in [0.717, 1.165) is 50.6 Å². The lowest BCUT2D eigenvalue weighted by molar-refractivity contribution is -0.134. The van der Waals surface area contributed by atoms with E-state index < -0.39 is 0 Å². The molecule has 2 aromatic carbocycles. The van der Waals surface area contributed by atoms with Gasteiger partial charge in [0.1, 0.15) is 11.5 Å². The van der Waals surface area contributed by atoms with Gasteiger partial charge in [-0.3, -0.25) is 4.79 Å². The molecular weight excluding hydrogens is 545 g/mol. The van der Waals surface area contributed by atoms with Crippen LogP contribution in [0.4, 0.5) is 0 Å². The van der Waals surface area contributed by atoms with Gasteiger partial charge in [-0.05, 0) is 66.2 Å². The first-order valence-corrected chi connectivity index (χ1v) is 16.7. The molecule has 1 N–H and O–H groups in total. The van der Waals surface area contributed by atoms with E-state index >= 15 is 0 Å². The topological polar surface area (TPSA) is 46.5 Å². The highest BCUT2D eigenvalue weighted by atomic mass is 32.2. The molecular formula is C36H56O3S2. The lowest BCUT2D eigenvalue weighted by Crippen LogP contribution is -2.22. The van der Waals surface area contributed by atoms with Gasteiger partial charge in [0.05, 0.1) is 4.08 Å². The standard InChI is InChI=1S/C36H56O3S2/c1-16-17-18-29(37)39-31-27(34(8,9)10)21-24(22-28(31)35(11,12)13)41-36(14,15)40-23-19-25(32(2,3)4)30(38)26(20-23)33(5,6)7/h19-22,38H,16-18H2,1-15H3. The smallest absolute Gasteiger partial charge is 0.311 e. The molecule has 230 valence electrons. The zero-order chi connectivity index (χ0) is 31.8. The van der Waals surface area contributed by atoms with Gasteiger partial charge in [0.15, 0.2) is 0 Å². The summed E-state index contributed by atoms with van der Waals surface area (Å²) in [4.78, 5) is 15.1. The number of ether oxygens (including phenoxy) is 1. The van der Waals surface area contributed by atoms with Crippen LogP contribution in [0, 0.1) is 0 Å². The number of esters is 1. The number of rotatable bonds is 8. The minimum atomic E-state index is -0.203. The molecule has 0 spiro atoms. The van der Waals surface area contributed by atoms with Crippen molar-refractivity contribution >= 4 is 29.5 Å². The van der Waals surface area contributed by atoms with Crippen LogP contribution in [0.15, 0.2) is 34.1 Å². The molecule has 0 saturated heterocycles. The molecule has 0 atom stereocenters. The van der Waals surface area contributed by atoms with E-state index in [4.69, 9.17) is 4.74 Å². The molecule has 0 fully saturated rings. The van der Waals surface area contributed by atoms with E-state index in [1.807, 2.05) is 23.5 Å². The summed E-state index contributed by atoms with van der Waals surface area (Å²) < 4.78 is 5.93.